The van der Waals surface area contributed by atoms with Gasteiger partial charge in [0.15, 0.2) is 11.5 Å². The van der Waals surface area contributed by atoms with Crippen molar-refractivity contribution < 1.29 is 22.7 Å². The lowest BCUT2D eigenvalue weighted by molar-refractivity contribution is -0.117. The van der Waals surface area contributed by atoms with Crippen molar-refractivity contribution in [2.75, 3.05) is 51.5 Å². The number of piperidine rings is 1. The van der Waals surface area contributed by atoms with E-state index in [1.54, 1.807) is 25.2 Å². The number of nitrogens with zero attached hydrogens (tertiary/aromatic N) is 2. The lowest BCUT2D eigenvalue weighted by Crippen LogP contribution is -2.49. The molecule has 3 rings (SSSR count). The first kappa shape index (κ1) is 18.9. The number of hydrogen-bond acceptors (Lipinski definition) is 6. The van der Waals surface area contributed by atoms with Crippen molar-refractivity contribution in [2.45, 2.75) is 18.9 Å². The smallest absolute Gasteiger partial charge is 0.238 e. The predicted octanol–water partition coefficient (Wildman–Crippen LogP) is 0.752. The molecule has 26 heavy (non-hydrogen) atoms. The molecule has 144 valence electrons. The monoisotopic (exact) mass is 383 g/mol. The summed E-state index contributed by atoms with van der Waals surface area (Å²) < 4.78 is 35.8. The minimum atomic E-state index is -3.23. The third-order valence-corrected chi connectivity index (χ3v) is 6.06. The molecule has 2 aliphatic rings. The predicted molar refractivity (Wildman–Crippen MR) is 98.1 cm³/mol. The highest BCUT2D eigenvalue weighted by atomic mass is 32.2. The van der Waals surface area contributed by atoms with Crippen molar-refractivity contribution in [3.63, 3.8) is 0 Å². The molecular weight excluding hydrogens is 358 g/mol. The number of fused-ring (bicyclic) bond motifs is 1. The van der Waals surface area contributed by atoms with E-state index >= 15 is 0 Å². The van der Waals surface area contributed by atoms with Gasteiger partial charge in [0.25, 0.3) is 0 Å². The van der Waals surface area contributed by atoms with Crippen LogP contribution in [-0.4, -0.2) is 75.7 Å². The minimum absolute atomic E-state index is 0.0964. The Bertz CT molecular complexity index is 768. The number of rotatable bonds is 5. The van der Waals surface area contributed by atoms with Crippen LogP contribution in [0.4, 0.5) is 5.69 Å². The summed E-state index contributed by atoms with van der Waals surface area (Å²) in [6.45, 7) is 2.58. The maximum absolute atomic E-state index is 12.4. The zero-order chi connectivity index (χ0) is 18.7. The van der Waals surface area contributed by atoms with Gasteiger partial charge in [-0.05, 0) is 31.5 Å². The molecule has 1 unspecified atom stereocenters. The zero-order valence-electron chi connectivity index (χ0n) is 15.1. The number of benzene rings is 1. The molecule has 2 heterocycles. The topological polar surface area (TPSA) is 88.2 Å². The molecule has 0 saturated carbocycles. The number of amides is 1. The second-order valence-electron chi connectivity index (χ2n) is 6.72. The van der Waals surface area contributed by atoms with E-state index in [-0.39, 0.29) is 18.5 Å². The van der Waals surface area contributed by atoms with Crippen LogP contribution in [0.2, 0.25) is 0 Å². The van der Waals surface area contributed by atoms with Gasteiger partial charge in [0.1, 0.15) is 13.2 Å². The Morgan fingerprint density at radius 3 is 2.77 bits per heavy atom. The Morgan fingerprint density at radius 2 is 2.04 bits per heavy atom. The number of hydrogen-bond donors (Lipinski definition) is 1. The van der Waals surface area contributed by atoms with Crippen LogP contribution < -0.4 is 14.8 Å². The number of ether oxygens (including phenoxy) is 2. The first-order valence-corrected chi connectivity index (χ1v) is 10.5. The Kier molecular flexibility index (Phi) is 5.69. The van der Waals surface area contributed by atoms with Gasteiger partial charge in [0.05, 0.1) is 12.8 Å². The van der Waals surface area contributed by atoms with Crippen molar-refractivity contribution in [3.8, 4) is 11.5 Å². The number of anilines is 1. The van der Waals surface area contributed by atoms with Crippen molar-refractivity contribution in [2.24, 2.45) is 0 Å². The van der Waals surface area contributed by atoms with Gasteiger partial charge in [0.2, 0.25) is 15.9 Å². The average Bonchev–Trinajstić information content (AvgIpc) is 2.60. The summed E-state index contributed by atoms with van der Waals surface area (Å²) in [5, 5.41) is 2.87. The molecule has 1 N–H and O–H groups in total. The van der Waals surface area contributed by atoms with Gasteiger partial charge in [-0.1, -0.05) is 0 Å². The minimum Gasteiger partial charge on any atom is -0.486 e. The van der Waals surface area contributed by atoms with Crippen LogP contribution in [0.25, 0.3) is 0 Å². The number of carbonyl (C=O) groups excluding carboxylic acids is 1. The van der Waals surface area contributed by atoms with E-state index in [1.807, 2.05) is 4.90 Å². The highest BCUT2D eigenvalue weighted by molar-refractivity contribution is 7.88. The molecule has 9 heteroatoms. The van der Waals surface area contributed by atoms with Crippen LogP contribution in [-0.2, 0) is 14.8 Å². The highest BCUT2D eigenvalue weighted by Crippen LogP contribution is 2.32. The fraction of sp³-hybridized carbons (Fsp3) is 0.588. The Labute approximate surface area is 154 Å². The zero-order valence-corrected chi connectivity index (χ0v) is 15.9. The molecule has 1 atom stereocenters. The lowest BCUT2D eigenvalue weighted by Gasteiger charge is -2.36. The van der Waals surface area contributed by atoms with E-state index in [4.69, 9.17) is 9.47 Å². The molecule has 0 aliphatic carbocycles. The van der Waals surface area contributed by atoms with Gasteiger partial charge in [-0.15, -0.1) is 0 Å². The Balaban J connectivity index is 1.56. The van der Waals surface area contributed by atoms with Crippen molar-refractivity contribution >= 4 is 21.6 Å². The fourth-order valence-corrected chi connectivity index (χ4v) is 3.98. The average molecular weight is 383 g/mol. The van der Waals surface area contributed by atoms with Crippen molar-refractivity contribution in [3.05, 3.63) is 18.2 Å². The summed E-state index contributed by atoms with van der Waals surface area (Å²) in [6.07, 6.45) is 2.88. The quantitative estimate of drug-likeness (QED) is 0.807. The molecule has 0 spiro atoms. The van der Waals surface area contributed by atoms with Crippen LogP contribution in [0.5, 0.6) is 11.5 Å². The third-order valence-electron chi connectivity index (χ3n) is 4.71. The first-order chi connectivity index (χ1) is 12.3. The summed E-state index contributed by atoms with van der Waals surface area (Å²) >= 11 is 0. The summed E-state index contributed by atoms with van der Waals surface area (Å²) in [5.41, 5.74) is 0.654. The highest BCUT2D eigenvalue weighted by Gasteiger charge is 2.28. The molecule has 1 aromatic rings. The number of likely N-dealkylation sites (N-methyl/N-ethyl adjacent to an activating group) is 1. The molecule has 8 nitrogen and oxygen atoms in total. The molecule has 2 aliphatic heterocycles. The van der Waals surface area contributed by atoms with E-state index in [2.05, 4.69) is 5.32 Å². The summed E-state index contributed by atoms with van der Waals surface area (Å²) in [4.78, 5) is 14.4. The summed E-state index contributed by atoms with van der Waals surface area (Å²) in [7, 11) is -1.64. The van der Waals surface area contributed by atoms with E-state index in [1.165, 1.54) is 10.6 Å². The van der Waals surface area contributed by atoms with Crippen molar-refractivity contribution in [1.29, 1.82) is 0 Å². The second-order valence-corrected chi connectivity index (χ2v) is 8.76. The van der Waals surface area contributed by atoms with E-state index in [0.29, 0.717) is 36.9 Å². The third kappa shape index (κ3) is 4.66. The van der Waals surface area contributed by atoms with Crippen LogP contribution >= 0.6 is 0 Å². The summed E-state index contributed by atoms with van der Waals surface area (Å²) in [5.74, 6) is 1.17. The van der Waals surface area contributed by atoms with Crippen molar-refractivity contribution in [1.82, 2.24) is 9.21 Å². The van der Waals surface area contributed by atoms with Crippen LogP contribution in [0.3, 0.4) is 0 Å². The first-order valence-electron chi connectivity index (χ1n) is 8.68. The number of likely N-dealkylation sites (tertiary alicyclic amines) is 1. The van der Waals surface area contributed by atoms with Gasteiger partial charge in [-0.25, -0.2) is 12.7 Å². The molecule has 0 radical (unpaired) electrons. The number of carbonyl (C=O) groups is 1. The number of sulfonamides is 1. The van der Waals surface area contributed by atoms with Gasteiger partial charge in [-0.3, -0.25) is 9.69 Å². The normalized spacial score (nSPS) is 20.8. The van der Waals surface area contributed by atoms with Crippen LogP contribution in [0, 0.1) is 0 Å². The molecule has 1 amide bonds. The molecule has 0 aromatic heterocycles. The maximum Gasteiger partial charge on any atom is 0.238 e. The lowest BCUT2D eigenvalue weighted by atomic mass is 10.1. The van der Waals surface area contributed by atoms with Gasteiger partial charge < -0.3 is 14.8 Å². The van der Waals surface area contributed by atoms with Crippen LogP contribution in [0.15, 0.2) is 18.2 Å². The Morgan fingerprint density at radius 1 is 1.31 bits per heavy atom. The maximum atomic E-state index is 12.4. The molecule has 1 aromatic carbocycles. The molecular formula is C17H25N3O5S. The Hall–Kier alpha value is -1.84. The van der Waals surface area contributed by atoms with E-state index in [9.17, 15) is 13.2 Å². The van der Waals surface area contributed by atoms with Gasteiger partial charge in [-0.2, -0.15) is 0 Å². The van der Waals surface area contributed by atoms with Crippen LogP contribution in [0.1, 0.15) is 12.8 Å². The van der Waals surface area contributed by atoms with E-state index < -0.39 is 10.0 Å². The second kappa shape index (κ2) is 7.81. The molecule has 1 fully saturated rings. The SMILES string of the molecule is CN(C1CCCN(CC(=O)Nc2ccc3c(c2)OCCO3)C1)S(C)(=O)=O. The molecule has 0 bridgehead atoms. The number of nitrogens with one attached hydrogen (secondary N) is 1. The molecule has 1 saturated heterocycles. The largest absolute Gasteiger partial charge is 0.486 e. The summed E-state index contributed by atoms with van der Waals surface area (Å²) in [6, 6.07) is 5.22. The van der Waals surface area contributed by atoms with Gasteiger partial charge in [0, 0.05) is 31.4 Å². The fourth-order valence-electron chi connectivity index (χ4n) is 3.27. The van der Waals surface area contributed by atoms with E-state index in [0.717, 1.165) is 19.4 Å². The van der Waals surface area contributed by atoms with Gasteiger partial charge >= 0.3 is 0 Å². The standard InChI is InChI=1S/C17H25N3O5S/c1-19(26(2,22)23)14-4-3-7-20(11-14)12-17(21)18-13-5-6-15-16(10-13)25-9-8-24-15/h5-6,10,14H,3-4,7-9,11-12H2,1-2H3,(H,18,21).